The Morgan fingerprint density at radius 1 is 1.36 bits per heavy atom. The van der Waals surface area contributed by atoms with Gasteiger partial charge in [0.25, 0.3) is 5.91 Å². The summed E-state index contributed by atoms with van der Waals surface area (Å²) < 4.78 is 6.56. The first-order valence-electron chi connectivity index (χ1n) is 7.15. The Kier molecular flexibility index (Phi) is 5.04. The van der Waals surface area contributed by atoms with Crippen LogP contribution >= 0.6 is 27.3 Å². The van der Waals surface area contributed by atoms with Crippen molar-refractivity contribution in [1.29, 1.82) is 0 Å². The highest BCUT2D eigenvalue weighted by Gasteiger charge is 2.25. The first-order valence-corrected chi connectivity index (χ1v) is 8.83. The van der Waals surface area contributed by atoms with Gasteiger partial charge in [-0.1, -0.05) is 0 Å². The minimum absolute atomic E-state index is 0.126. The van der Waals surface area contributed by atoms with Gasteiger partial charge in [0.05, 0.1) is 11.5 Å². The molecule has 116 valence electrons. The molecule has 3 heterocycles. The Hall–Kier alpha value is -1.47. The van der Waals surface area contributed by atoms with Crippen molar-refractivity contribution in [3.05, 3.63) is 39.3 Å². The number of amides is 1. The van der Waals surface area contributed by atoms with Crippen LogP contribution in [0, 0.1) is 5.92 Å². The molecular formula is C15H16BrN3O2S. The van der Waals surface area contributed by atoms with E-state index in [0.29, 0.717) is 18.5 Å². The zero-order valence-electron chi connectivity index (χ0n) is 11.9. The van der Waals surface area contributed by atoms with Gasteiger partial charge in [0.15, 0.2) is 0 Å². The van der Waals surface area contributed by atoms with Crippen molar-refractivity contribution in [2.75, 3.05) is 19.7 Å². The molecule has 1 saturated heterocycles. The summed E-state index contributed by atoms with van der Waals surface area (Å²) in [6.07, 6.45) is 5.24. The third-order valence-electron chi connectivity index (χ3n) is 3.67. The molecule has 3 rings (SSSR count). The van der Waals surface area contributed by atoms with Gasteiger partial charge in [-0.2, -0.15) is 0 Å². The number of rotatable bonds is 4. The van der Waals surface area contributed by atoms with Gasteiger partial charge in [-0.25, -0.2) is 9.97 Å². The van der Waals surface area contributed by atoms with Gasteiger partial charge in [0.1, 0.15) is 0 Å². The second kappa shape index (κ2) is 7.19. The third-order valence-corrected chi connectivity index (χ3v) is 5.35. The zero-order chi connectivity index (χ0) is 15.4. The van der Waals surface area contributed by atoms with Crippen LogP contribution in [0.3, 0.4) is 0 Å². The van der Waals surface area contributed by atoms with Crippen LogP contribution in [0.25, 0.3) is 0 Å². The molecule has 1 fully saturated rings. The Morgan fingerprint density at radius 2 is 2.09 bits per heavy atom. The molecule has 1 aliphatic heterocycles. The minimum Gasteiger partial charge on any atom is -0.463 e. The van der Waals surface area contributed by atoms with Crippen LogP contribution in [-0.4, -0.2) is 40.5 Å². The fraction of sp³-hybridized carbons (Fsp3) is 0.400. The molecule has 0 radical (unpaired) electrons. The number of aromatic nitrogens is 2. The van der Waals surface area contributed by atoms with Crippen molar-refractivity contribution in [2.24, 2.45) is 5.92 Å². The highest BCUT2D eigenvalue weighted by Crippen LogP contribution is 2.24. The summed E-state index contributed by atoms with van der Waals surface area (Å²) in [7, 11) is 0. The maximum Gasteiger partial charge on any atom is 0.316 e. The smallest absolute Gasteiger partial charge is 0.316 e. The number of nitrogens with zero attached hydrogens (tertiary/aromatic N) is 3. The molecule has 2 aromatic heterocycles. The van der Waals surface area contributed by atoms with Crippen molar-refractivity contribution >= 4 is 33.2 Å². The summed E-state index contributed by atoms with van der Waals surface area (Å²) in [4.78, 5) is 23.2. The van der Waals surface area contributed by atoms with Crippen LogP contribution in [0.4, 0.5) is 0 Å². The van der Waals surface area contributed by atoms with Crippen molar-refractivity contribution in [1.82, 2.24) is 14.9 Å². The van der Waals surface area contributed by atoms with Gasteiger partial charge < -0.3 is 9.64 Å². The van der Waals surface area contributed by atoms with E-state index in [4.69, 9.17) is 4.74 Å². The highest BCUT2D eigenvalue weighted by molar-refractivity contribution is 9.10. The Bertz CT molecular complexity index is 627. The first-order chi connectivity index (χ1) is 10.7. The van der Waals surface area contributed by atoms with Crippen molar-refractivity contribution in [3.63, 3.8) is 0 Å². The van der Waals surface area contributed by atoms with Crippen molar-refractivity contribution in [2.45, 2.75) is 12.8 Å². The van der Waals surface area contributed by atoms with Gasteiger partial charge in [0.2, 0.25) is 0 Å². The molecule has 0 saturated carbocycles. The lowest BCUT2D eigenvalue weighted by atomic mass is 9.98. The molecule has 0 unspecified atom stereocenters. The second-order valence-electron chi connectivity index (χ2n) is 5.21. The molecule has 0 N–H and O–H groups in total. The minimum atomic E-state index is 0.126. The quantitative estimate of drug-likeness (QED) is 0.815. The molecule has 1 aliphatic rings. The average Bonchev–Trinajstić information content (AvgIpc) is 3.00. The van der Waals surface area contributed by atoms with E-state index in [2.05, 4.69) is 25.9 Å². The van der Waals surface area contributed by atoms with E-state index in [-0.39, 0.29) is 5.91 Å². The second-order valence-corrected chi connectivity index (χ2v) is 7.03. The Balaban J connectivity index is 1.47. The SMILES string of the molecule is O=C(c1cc(Br)cs1)N1CCC(COc2ncccn2)CC1. The van der Waals surface area contributed by atoms with Crippen LogP contribution in [0.2, 0.25) is 0 Å². The van der Waals surface area contributed by atoms with E-state index in [9.17, 15) is 4.79 Å². The summed E-state index contributed by atoms with van der Waals surface area (Å²) in [5.74, 6) is 0.574. The van der Waals surface area contributed by atoms with Crippen molar-refractivity contribution < 1.29 is 9.53 Å². The monoisotopic (exact) mass is 381 g/mol. The lowest BCUT2D eigenvalue weighted by molar-refractivity contribution is 0.0662. The van der Waals surface area contributed by atoms with Crippen LogP contribution in [0.5, 0.6) is 6.01 Å². The lowest BCUT2D eigenvalue weighted by Gasteiger charge is -2.31. The van der Waals surface area contributed by atoms with E-state index in [1.54, 1.807) is 18.5 Å². The van der Waals surface area contributed by atoms with E-state index >= 15 is 0 Å². The predicted octanol–water partition coefficient (Wildman–Crippen LogP) is 3.23. The van der Waals surface area contributed by atoms with Gasteiger partial charge >= 0.3 is 6.01 Å². The number of hydrogen-bond acceptors (Lipinski definition) is 5. The van der Waals surface area contributed by atoms with Crippen LogP contribution in [0.1, 0.15) is 22.5 Å². The number of carbonyl (C=O) groups is 1. The van der Waals surface area contributed by atoms with E-state index < -0.39 is 0 Å². The summed E-state index contributed by atoms with van der Waals surface area (Å²) in [5, 5.41) is 1.94. The highest BCUT2D eigenvalue weighted by atomic mass is 79.9. The molecule has 2 aromatic rings. The molecule has 0 spiro atoms. The lowest BCUT2D eigenvalue weighted by Crippen LogP contribution is -2.39. The van der Waals surface area contributed by atoms with Crippen LogP contribution < -0.4 is 4.74 Å². The van der Waals surface area contributed by atoms with E-state index in [0.717, 1.165) is 35.3 Å². The maximum absolute atomic E-state index is 12.4. The normalized spacial score (nSPS) is 15.8. The summed E-state index contributed by atoms with van der Waals surface area (Å²) >= 11 is 4.87. The molecule has 0 atom stereocenters. The molecule has 0 aromatic carbocycles. The summed E-state index contributed by atoms with van der Waals surface area (Å²) in [6, 6.07) is 4.07. The Morgan fingerprint density at radius 3 is 2.73 bits per heavy atom. The topological polar surface area (TPSA) is 55.3 Å². The third kappa shape index (κ3) is 3.84. The fourth-order valence-electron chi connectivity index (χ4n) is 2.44. The molecule has 22 heavy (non-hydrogen) atoms. The summed E-state index contributed by atoms with van der Waals surface area (Å²) in [5.41, 5.74) is 0. The predicted molar refractivity (Wildman–Crippen MR) is 88.2 cm³/mol. The van der Waals surface area contributed by atoms with E-state index in [1.165, 1.54) is 11.3 Å². The van der Waals surface area contributed by atoms with Crippen LogP contribution in [0.15, 0.2) is 34.4 Å². The Labute approximate surface area is 141 Å². The largest absolute Gasteiger partial charge is 0.463 e. The average molecular weight is 382 g/mol. The number of piperidine rings is 1. The molecule has 7 heteroatoms. The van der Waals surface area contributed by atoms with Gasteiger partial charge in [-0.15, -0.1) is 11.3 Å². The molecule has 1 amide bonds. The standard InChI is InChI=1S/C15H16BrN3O2S/c16-12-8-13(22-10-12)14(20)19-6-2-11(3-7-19)9-21-15-17-4-1-5-18-15/h1,4-5,8,10-11H,2-3,6-7,9H2. The van der Waals surface area contributed by atoms with E-state index in [1.807, 2.05) is 16.3 Å². The number of carbonyl (C=O) groups excluding carboxylic acids is 1. The number of ether oxygens (including phenoxy) is 1. The fourth-order valence-corrected chi connectivity index (χ4v) is 3.83. The van der Waals surface area contributed by atoms with Gasteiger partial charge in [-0.3, -0.25) is 4.79 Å². The first kappa shape index (κ1) is 15.4. The number of hydrogen-bond donors (Lipinski definition) is 0. The van der Waals surface area contributed by atoms with Crippen molar-refractivity contribution in [3.8, 4) is 6.01 Å². The van der Waals surface area contributed by atoms with Gasteiger partial charge in [-0.05, 0) is 46.8 Å². The molecule has 5 nitrogen and oxygen atoms in total. The summed E-state index contributed by atoms with van der Waals surface area (Å²) in [6.45, 7) is 2.16. The zero-order valence-corrected chi connectivity index (χ0v) is 14.3. The molecular weight excluding hydrogens is 366 g/mol. The number of likely N-dealkylation sites (tertiary alicyclic amines) is 1. The number of halogens is 1. The number of thiophene rings is 1. The maximum atomic E-state index is 12.4. The molecule has 0 bridgehead atoms. The molecule has 0 aliphatic carbocycles. The van der Waals surface area contributed by atoms with Gasteiger partial charge in [0, 0.05) is 35.3 Å². The van der Waals surface area contributed by atoms with Crippen LogP contribution in [-0.2, 0) is 0 Å².